The van der Waals surface area contributed by atoms with Crippen LogP contribution in [0.2, 0.25) is 0 Å². The molecule has 1 aromatic rings. The smallest absolute Gasteiger partial charge is 0.223 e. The molecule has 2 aliphatic rings. The Hall–Kier alpha value is -1.46. The summed E-state index contributed by atoms with van der Waals surface area (Å²) in [5, 5.41) is 13.6. The lowest BCUT2D eigenvalue weighted by atomic mass is 9.78. The van der Waals surface area contributed by atoms with Gasteiger partial charge in [0, 0.05) is 31.1 Å². The summed E-state index contributed by atoms with van der Waals surface area (Å²) in [6.45, 7) is 1.75. The first-order chi connectivity index (χ1) is 11.6. The molecule has 2 N–H and O–H groups in total. The van der Waals surface area contributed by atoms with Gasteiger partial charge in [-0.3, -0.25) is 4.79 Å². The van der Waals surface area contributed by atoms with Gasteiger partial charge in [-0.05, 0) is 49.8 Å². The second-order valence-electron chi connectivity index (χ2n) is 7.18. The first kappa shape index (κ1) is 17.4. The average Bonchev–Trinajstić information content (AvgIpc) is 2.96. The van der Waals surface area contributed by atoms with Crippen molar-refractivity contribution in [2.45, 2.75) is 44.6 Å². The van der Waals surface area contributed by atoms with Crippen LogP contribution >= 0.6 is 0 Å². The van der Waals surface area contributed by atoms with Crippen molar-refractivity contribution in [3.05, 3.63) is 35.6 Å². The lowest BCUT2D eigenvalue weighted by Crippen LogP contribution is -2.46. The van der Waals surface area contributed by atoms with E-state index in [9.17, 15) is 14.3 Å². The number of amides is 1. The van der Waals surface area contributed by atoms with Crippen LogP contribution in [0.25, 0.3) is 0 Å². The highest BCUT2D eigenvalue weighted by molar-refractivity contribution is 5.78. The summed E-state index contributed by atoms with van der Waals surface area (Å²) < 4.78 is 18.4. The molecule has 0 unspecified atom stereocenters. The summed E-state index contributed by atoms with van der Waals surface area (Å²) in [5.41, 5.74) is 0.649. The van der Waals surface area contributed by atoms with Crippen LogP contribution in [0.3, 0.4) is 0 Å². The molecule has 1 aromatic carbocycles. The molecule has 0 radical (unpaired) electrons. The van der Waals surface area contributed by atoms with Gasteiger partial charge in [-0.2, -0.15) is 0 Å². The standard InChI is InChI=1S/C19H26FNO3/c20-16-5-3-14(4-6-16)12-19(9-1-2-17(19)22)13-21-18(23)15-7-10-24-11-8-15/h3-6,15,17,22H,1-2,7-13H2,(H,21,23)/t17-,19+/m1/s1. The van der Waals surface area contributed by atoms with Gasteiger partial charge in [0.05, 0.1) is 6.10 Å². The molecule has 0 aromatic heterocycles. The molecular weight excluding hydrogens is 309 g/mol. The highest BCUT2D eigenvalue weighted by Crippen LogP contribution is 2.41. The van der Waals surface area contributed by atoms with Crippen LogP contribution in [0, 0.1) is 17.2 Å². The van der Waals surface area contributed by atoms with Gasteiger partial charge < -0.3 is 15.2 Å². The first-order valence-electron chi connectivity index (χ1n) is 8.87. The van der Waals surface area contributed by atoms with Crippen molar-refractivity contribution >= 4 is 5.91 Å². The number of benzene rings is 1. The van der Waals surface area contributed by atoms with E-state index in [2.05, 4.69) is 5.32 Å². The molecule has 2 atom stereocenters. The third kappa shape index (κ3) is 3.95. The Bertz CT molecular complexity index is 556. The Morgan fingerprint density at radius 3 is 2.58 bits per heavy atom. The topological polar surface area (TPSA) is 58.6 Å². The molecule has 2 fully saturated rings. The minimum atomic E-state index is -0.433. The fourth-order valence-electron chi connectivity index (χ4n) is 3.97. The molecule has 1 saturated carbocycles. The van der Waals surface area contributed by atoms with E-state index in [0.29, 0.717) is 26.2 Å². The monoisotopic (exact) mass is 335 g/mol. The van der Waals surface area contributed by atoms with Crippen molar-refractivity contribution in [1.29, 1.82) is 0 Å². The predicted molar refractivity (Wildman–Crippen MR) is 88.9 cm³/mol. The maximum absolute atomic E-state index is 13.1. The normalized spacial score (nSPS) is 28.0. The van der Waals surface area contributed by atoms with Crippen LogP contribution in [-0.2, 0) is 16.0 Å². The molecule has 1 heterocycles. The van der Waals surface area contributed by atoms with Crippen molar-refractivity contribution in [2.75, 3.05) is 19.8 Å². The van der Waals surface area contributed by atoms with Crippen molar-refractivity contribution in [3.63, 3.8) is 0 Å². The van der Waals surface area contributed by atoms with Gasteiger partial charge in [0.25, 0.3) is 0 Å². The Morgan fingerprint density at radius 1 is 1.25 bits per heavy atom. The molecule has 24 heavy (non-hydrogen) atoms. The van der Waals surface area contributed by atoms with Crippen LogP contribution in [0.15, 0.2) is 24.3 Å². The average molecular weight is 335 g/mol. The van der Waals surface area contributed by atoms with E-state index in [4.69, 9.17) is 4.74 Å². The molecule has 1 saturated heterocycles. The van der Waals surface area contributed by atoms with Gasteiger partial charge in [0.2, 0.25) is 5.91 Å². The fraction of sp³-hybridized carbons (Fsp3) is 0.632. The zero-order valence-corrected chi connectivity index (χ0v) is 14.0. The van der Waals surface area contributed by atoms with E-state index in [-0.39, 0.29) is 23.1 Å². The Kier molecular flexibility index (Phi) is 5.51. The number of aliphatic hydroxyl groups is 1. The number of ether oxygens (including phenoxy) is 1. The Morgan fingerprint density at radius 2 is 1.96 bits per heavy atom. The summed E-state index contributed by atoms with van der Waals surface area (Å²) >= 11 is 0. The van der Waals surface area contributed by atoms with Crippen LogP contribution < -0.4 is 5.32 Å². The fourth-order valence-corrected chi connectivity index (χ4v) is 3.97. The van der Waals surface area contributed by atoms with Gasteiger partial charge in [-0.1, -0.05) is 18.6 Å². The summed E-state index contributed by atoms with van der Waals surface area (Å²) in [6.07, 6.45) is 4.34. The quantitative estimate of drug-likeness (QED) is 0.869. The summed E-state index contributed by atoms with van der Waals surface area (Å²) in [7, 11) is 0. The van der Waals surface area contributed by atoms with Gasteiger partial charge in [-0.25, -0.2) is 4.39 Å². The lowest BCUT2D eigenvalue weighted by Gasteiger charge is -2.34. The molecular formula is C19H26FNO3. The predicted octanol–water partition coefficient (Wildman–Crippen LogP) is 2.44. The van der Waals surface area contributed by atoms with Gasteiger partial charge >= 0.3 is 0 Å². The number of aliphatic hydroxyl groups excluding tert-OH is 1. The summed E-state index contributed by atoms with van der Waals surface area (Å²) in [5.74, 6) is -0.177. The number of halogens is 1. The van der Waals surface area contributed by atoms with Crippen LogP contribution in [-0.4, -0.2) is 36.9 Å². The molecule has 4 nitrogen and oxygen atoms in total. The molecule has 1 aliphatic carbocycles. The van der Waals surface area contributed by atoms with Crippen molar-refractivity contribution in [2.24, 2.45) is 11.3 Å². The van der Waals surface area contributed by atoms with Crippen molar-refractivity contribution in [3.8, 4) is 0 Å². The third-order valence-corrected chi connectivity index (χ3v) is 5.54. The lowest BCUT2D eigenvalue weighted by molar-refractivity contribution is -0.128. The van der Waals surface area contributed by atoms with Gasteiger partial charge in [0.1, 0.15) is 5.82 Å². The van der Waals surface area contributed by atoms with E-state index in [1.165, 1.54) is 12.1 Å². The van der Waals surface area contributed by atoms with Crippen LogP contribution in [0.5, 0.6) is 0 Å². The Balaban J connectivity index is 1.65. The first-order valence-corrected chi connectivity index (χ1v) is 8.87. The molecule has 3 rings (SSSR count). The number of rotatable bonds is 5. The number of hydrogen-bond donors (Lipinski definition) is 2. The second-order valence-corrected chi connectivity index (χ2v) is 7.18. The highest BCUT2D eigenvalue weighted by Gasteiger charge is 2.42. The summed E-state index contributed by atoms with van der Waals surface area (Å²) in [6, 6.07) is 6.43. The molecule has 1 aliphatic heterocycles. The van der Waals surface area contributed by atoms with E-state index >= 15 is 0 Å². The number of hydrogen-bond acceptors (Lipinski definition) is 3. The number of nitrogens with one attached hydrogen (secondary N) is 1. The minimum absolute atomic E-state index is 0.0140. The SMILES string of the molecule is O=C(NC[C@@]1(Cc2ccc(F)cc2)CCC[C@H]1O)C1CCOCC1. The largest absolute Gasteiger partial charge is 0.392 e. The zero-order valence-electron chi connectivity index (χ0n) is 14.0. The van der Waals surface area contributed by atoms with E-state index in [1.807, 2.05) is 0 Å². The second kappa shape index (κ2) is 7.62. The Labute approximate surface area is 142 Å². The molecule has 0 bridgehead atoms. The number of carbonyl (C=O) groups excluding carboxylic acids is 1. The van der Waals surface area contributed by atoms with Crippen LogP contribution in [0.4, 0.5) is 4.39 Å². The molecule has 0 spiro atoms. The number of carbonyl (C=O) groups is 1. The highest BCUT2D eigenvalue weighted by atomic mass is 19.1. The van der Waals surface area contributed by atoms with Crippen molar-refractivity contribution < 1.29 is 19.0 Å². The molecule has 1 amide bonds. The van der Waals surface area contributed by atoms with Crippen molar-refractivity contribution in [1.82, 2.24) is 5.32 Å². The third-order valence-electron chi connectivity index (χ3n) is 5.54. The van der Waals surface area contributed by atoms with Gasteiger partial charge in [0.15, 0.2) is 0 Å². The van der Waals surface area contributed by atoms with E-state index in [1.54, 1.807) is 12.1 Å². The molecule has 132 valence electrons. The summed E-state index contributed by atoms with van der Waals surface area (Å²) in [4.78, 5) is 12.4. The zero-order chi connectivity index (χ0) is 17.0. The maximum atomic E-state index is 13.1. The van der Waals surface area contributed by atoms with Crippen LogP contribution in [0.1, 0.15) is 37.7 Å². The van der Waals surface area contributed by atoms with Gasteiger partial charge in [-0.15, -0.1) is 0 Å². The van der Waals surface area contributed by atoms with E-state index < -0.39 is 6.10 Å². The molecule has 5 heteroatoms. The minimum Gasteiger partial charge on any atom is -0.392 e. The van der Waals surface area contributed by atoms with E-state index in [0.717, 1.165) is 37.7 Å². The maximum Gasteiger partial charge on any atom is 0.223 e.